The zero-order valence-electron chi connectivity index (χ0n) is 16.8. The van der Waals surface area contributed by atoms with Gasteiger partial charge in [-0.1, -0.05) is 0 Å². The lowest BCUT2D eigenvalue weighted by atomic mass is 10.2. The summed E-state index contributed by atoms with van der Waals surface area (Å²) < 4.78 is 87.6. The molecule has 7 nitrogen and oxygen atoms in total. The smallest absolute Gasteiger partial charge is 0.387 e. The molecule has 0 bridgehead atoms. The zero-order valence-corrected chi connectivity index (χ0v) is 17.6. The monoisotopic (exact) mass is 484 g/mol. The van der Waals surface area contributed by atoms with Gasteiger partial charge in [-0.25, -0.2) is 17.2 Å². The molecule has 0 saturated carbocycles. The predicted molar refractivity (Wildman–Crippen MR) is 111 cm³/mol. The Labute approximate surface area is 186 Å². The van der Waals surface area contributed by atoms with Crippen molar-refractivity contribution in [3.8, 4) is 11.5 Å². The SMILES string of the molecule is COc1ccc(NC(=O)c2ccc(NS(=O)(=O)c3ccc(F)c(F)c3)cc2)cc1OC(F)F. The Morgan fingerprint density at radius 3 is 2.15 bits per heavy atom. The van der Waals surface area contributed by atoms with Crippen molar-refractivity contribution in [3.05, 3.63) is 77.9 Å². The Morgan fingerprint density at radius 1 is 0.879 bits per heavy atom. The van der Waals surface area contributed by atoms with Crippen LogP contribution in [0.1, 0.15) is 10.4 Å². The molecule has 174 valence electrons. The molecule has 0 fully saturated rings. The van der Waals surface area contributed by atoms with Gasteiger partial charge in [0.15, 0.2) is 23.1 Å². The van der Waals surface area contributed by atoms with Crippen LogP contribution in [0.3, 0.4) is 0 Å². The number of sulfonamides is 1. The third kappa shape index (κ3) is 5.92. The van der Waals surface area contributed by atoms with Crippen molar-refractivity contribution in [2.24, 2.45) is 0 Å². The van der Waals surface area contributed by atoms with Gasteiger partial charge in [-0.2, -0.15) is 8.78 Å². The summed E-state index contributed by atoms with van der Waals surface area (Å²) in [4.78, 5) is 12.0. The first-order valence-corrected chi connectivity index (χ1v) is 10.6. The quantitative estimate of drug-likeness (QED) is 0.455. The van der Waals surface area contributed by atoms with E-state index in [9.17, 15) is 30.8 Å². The minimum Gasteiger partial charge on any atom is -0.493 e. The summed E-state index contributed by atoms with van der Waals surface area (Å²) in [5.41, 5.74) is 0.339. The maximum atomic E-state index is 13.3. The second-order valence-corrected chi connectivity index (χ2v) is 8.14. The van der Waals surface area contributed by atoms with Crippen molar-refractivity contribution in [3.63, 3.8) is 0 Å². The fourth-order valence-electron chi connectivity index (χ4n) is 2.69. The number of ether oxygens (including phenoxy) is 2. The molecule has 12 heteroatoms. The maximum Gasteiger partial charge on any atom is 0.387 e. The Bertz CT molecular complexity index is 1270. The molecule has 33 heavy (non-hydrogen) atoms. The number of amides is 1. The van der Waals surface area contributed by atoms with Gasteiger partial charge in [-0.05, 0) is 54.6 Å². The van der Waals surface area contributed by atoms with Crippen molar-refractivity contribution in [1.82, 2.24) is 0 Å². The van der Waals surface area contributed by atoms with Crippen molar-refractivity contribution in [2.75, 3.05) is 17.1 Å². The fraction of sp³-hybridized carbons (Fsp3) is 0.0952. The minimum atomic E-state index is -4.20. The van der Waals surface area contributed by atoms with Gasteiger partial charge in [-0.15, -0.1) is 0 Å². The number of halogens is 4. The van der Waals surface area contributed by atoms with Crippen molar-refractivity contribution >= 4 is 27.3 Å². The summed E-state index contributed by atoms with van der Waals surface area (Å²) in [6, 6.07) is 11.2. The number of alkyl halides is 2. The van der Waals surface area contributed by atoms with Crippen LogP contribution in [0, 0.1) is 11.6 Å². The van der Waals surface area contributed by atoms with Crippen LogP contribution in [0.15, 0.2) is 65.6 Å². The lowest BCUT2D eigenvalue weighted by molar-refractivity contribution is -0.0511. The van der Waals surface area contributed by atoms with Crippen LogP contribution in [-0.4, -0.2) is 28.0 Å². The van der Waals surface area contributed by atoms with E-state index in [1.54, 1.807) is 0 Å². The number of carbonyl (C=O) groups is 1. The zero-order chi connectivity index (χ0) is 24.2. The van der Waals surface area contributed by atoms with E-state index < -0.39 is 39.1 Å². The molecule has 0 aromatic heterocycles. The first kappa shape index (κ1) is 23.9. The molecular formula is C21H16F4N2O5S. The molecule has 0 spiro atoms. The predicted octanol–water partition coefficient (Wildman–Crippen LogP) is 4.63. The third-order valence-corrected chi connectivity index (χ3v) is 5.62. The molecular weight excluding hydrogens is 468 g/mol. The third-order valence-electron chi connectivity index (χ3n) is 4.24. The number of hydrogen-bond donors (Lipinski definition) is 2. The molecule has 0 radical (unpaired) electrons. The standard InChI is InChI=1S/C21H16F4N2O5S/c1-31-18-9-6-14(10-19(18)32-21(24)25)26-20(28)12-2-4-13(5-3-12)27-33(29,30)15-7-8-16(22)17(23)11-15/h2-11,21,27H,1H3,(H,26,28). The highest BCUT2D eigenvalue weighted by molar-refractivity contribution is 7.92. The highest BCUT2D eigenvalue weighted by Crippen LogP contribution is 2.31. The molecule has 3 aromatic carbocycles. The van der Waals surface area contributed by atoms with Crippen molar-refractivity contribution in [1.29, 1.82) is 0 Å². The number of anilines is 2. The van der Waals surface area contributed by atoms with Crippen LogP contribution in [0.5, 0.6) is 11.5 Å². The number of methoxy groups -OCH3 is 1. The van der Waals surface area contributed by atoms with Gasteiger partial charge in [-0.3, -0.25) is 9.52 Å². The highest BCUT2D eigenvalue weighted by Gasteiger charge is 2.17. The van der Waals surface area contributed by atoms with Gasteiger partial charge in [0.2, 0.25) is 0 Å². The number of carbonyl (C=O) groups excluding carboxylic acids is 1. The van der Waals surface area contributed by atoms with Gasteiger partial charge in [0.05, 0.1) is 12.0 Å². The second kappa shape index (κ2) is 9.77. The van der Waals surface area contributed by atoms with E-state index in [0.29, 0.717) is 12.1 Å². The fourth-order valence-corrected chi connectivity index (χ4v) is 3.76. The molecule has 0 aliphatic heterocycles. The van der Waals surface area contributed by atoms with Crippen LogP contribution >= 0.6 is 0 Å². The van der Waals surface area contributed by atoms with E-state index in [4.69, 9.17) is 4.74 Å². The van der Waals surface area contributed by atoms with Gasteiger partial charge >= 0.3 is 6.61 Å². The van der Waals surface area contributed by atoms with Crippen LogP contribution in [-0.2, 0) is 10.0 Å². The largest absolute Gasteiger partial charge is 0.493 e. The molecule has 0 aliphatic rings. The van der Waals surface area contributed by atoms with E-state index >= 15 is 0 Å². The molecule has 3 rings (SSSR count). The summed E-state index contributed by atoms with van der Waals surface area (Å²) in [6.07, 6.45) is 0. The summed E-state index contributed by atoms with van der Waals surface area (Å²) >= 11 is 0. The number of benzene rings is 3. The molecule has 0 heterocycles. The second-order valence-electron chi connectivity index (χ2n) is 6.46. The first-order valence-electron chi connectivity index (χ1n) is 9.11. The van der Waals surface area contributed by atoms with Crippen LogP contribution in [0.25, 0.3) is 0 Å². The van der Waals surface area contributed by atoms with Crippen LogP contribution in [0.4, 0.5) is 28.9 Å². The average Bonchev–Trinajstić information content (AvgIpc) is 2.75. The van der Waals surface area contributed by atoms with Crippen molar-refractivity contribution < 1.29 is 40.2 Å². The van der Waals surface area contributed by atoms with E-state index in [1.807, 2.05) is 0 Å². The average molecular weight is 484 g/mol. The Morgan fingerprint density at radius 2 is 1.55 bits per heavy atom. The molecule has 2 N–H and O–H groups in total. The van der Waals surface area contributed by atoms with Gasteiger partial charge in [0, 0.05) is 23.0 Å². The summed E-state index contributed by atoms with van der Waals surface area (Å²) in [5.74, 6) is -3.34. The van der Waals surface area contributed by atoms with Gasteiger partial charge < -0.3 is 14.8 Å². The molecule has 3 aromatic rings. The summed E-state index contributed by atoms with van der Waals surface area (Å²) in [5, 5.41) is 2.49. The van der Waals surface area contributed by atoms with Crippen LogP contribution in [0.2, 0.25) is 0 Å². The lowest BCUT2D eigenvalue weighted by Crippen LogP contribution is -2.14. The molecule has 1 amide bonds. The molecule has 0 unspecified atom stereocenters. The Balaban J connectivity index is 1.72. The number of nitrogens with one attached hydrogen (secondary N) is 2. The molecule has 0 saturated heterocycles. The highest BCUT2D eigenvalue weighted by atomic mass is 32.2. The van der Waals surface area contributed by atoms with Gasteiger partial charge in [0.1, 0.15) is 0 Å². The first-order chi connectivity index (χ1) is 15.6. The minimum absolute atomic E-state index is 0.0472. The molecule has 0 atom stereocenters. The Kier molecular flexibility index (Phi) is 7.07. The normalized spacial score (nSPS) is 11.2. The van der Waals surface area contributed by atoms with E-state index in [1.165, 1.54) is 43.5 Å². The van der Waals surface area contributed by atoms with E-state index in [0.717, 1.165) is 12.1 Å². The van der Waals surface area contributed by atoms with Crippen LogP contribution < -0.4 is 19.5 Å². The topological polar surface area (TPSA) is 93.7 Å². The molecule has 0 aliphatic carbocycles. The lowest BCUT2D eigenvalue weighted by Gasteiger charge is -2.12. The van der Waals surface area contributed by atoms with E-state index in [-0.39, 0.29) is 28.4 Å². The summed E-state index contributed by atoms with van der Waals surface area (Å²) in [7, 11) is -2.93. The Hall–Kier alpha value is -3.80. The van der Waals surface area contributed by atoms with Crippen molar-refractivity contribution in [2.45, 2.75) is 11.5 Å². The number of rotatable bonds is 8. The number of hydrogen-bond acceptors (Lipinski definition) is 5. The summed E-state index contributed by atoms with van der Waals surface area (Å²) in [6.45, 7) is -3.09. The van der Waals surface area contributed by atoms with Gasteiger partial charge in [0.25, 0.3) is 15.9 Å². The van der Waals surface area contributed by atoms with E-state index in [2.05, 4.69) is 14.8 Å². The maximum absolute atomic E-state index is 13.3.